The Morgan fingerprint density at radius 3 is 3.16 bits per heavy atom. The maximum Gasteiger partial charge on any atom is 0.236 e. The van der Waals surface area contributed by atoms with Gasteiger partial charge in [-0.2, -0.15) is 5.10 Å². The van der Waals surface area contributed by atoms with Crippen molar-refractivity contribution in [2.45, 2.75) is 32.4 Å². The number of rotatable bonds is 7. The van der Waals surface area contributed by atoms with Crippen LogP contribution in [0.25, 0.3) is 0 Å². The number of nitrogens with one attached hydrogen (secondary N) is 1. The molecule has 136 valence electrons. The summed E-state index contributed by atoms with van der Waals surface area (Å²) in [6, 6.07) is 3.69. The van der Waals surface area contributed by atoms with Crippen LogP contribution in [0.5, 0.6) is 0 Å². The summed E-state index contributed by atoms with van der Waals surface area (Å²) in [6.07, 6.45) is 3.31. The highest BCUT2D eigenvalue weighted by Gasteiger charge is 2.27. The summed E-state index contributed by atoms with van der Waals surface area (Å²) in [6.45, 7) is 4.83. The van der Waals surface area contributed by atoms with Gasteiger partial charge in [-0.1, -0.05) is 6.92 Å². The van der Waals surface area contributed by atoms with Crippen LogP contribution in [0.3, 0.4) is 0 Å². The van der Waals surface area contributed by atoms with Crippen LogP contribution in [-0.4, -0.2) is 64.2 Å². The van der Waals surface area contributed by atoms with Gasteiger partial charge in [-0.25, -0.2) is 4.98 Å². The molecule has 25 heavy (non-hydrogen) atoms. The largest absolute Gasteiger partial charge is 0.467 e. The van der Waals surface area contributed by atoms with Crippen molar-refractivity contribution in [3.05, 3.63) is 35.8 Å². The molecule has 0 unspecified atom stereocenters. The van der Waals surface area contributed by atoms with Gasteiger partial charge in [0.15, 0.2) is 5.82 Å². The topological polar surface area (TPSA) is 87.5 Å². The highest BCUT2D eigenvalue weighted by atomic mass is 16.5. The molecule has 8 heteroatoms. The number of ether oxygens (including phenoxy) is 1. The van der Waals surface area contributed by atoms with Crippen LogP contribution in [0.2, 0.25) is 0 Å². The number of nitrogens with zero attached hydrogens (tertiary/aromatic N) is 4. The number of aromatic nitrogens is 3. The average molecular weight is 347 g/mol. The summed E-state index contributed by atoms with van der Waals surface area (Å²) in [5, 5.41) is 7.22. The van der Waals surface area contributed by atoms with Crippen molar-refractivity contribution < 1.29 is 13.9 Å². The normalized spacial score (nSPS) is 18.4. The Morgan fingerprint density at radius 1 is 1.52 bits per heavy atom. The van der Waals surface area contributed by atoms with Gasteiger partial charge < -0.3 is 14.1 Å². The van der Waals surface area contributed by atoms with Gasteiger partial charge in [0.25, 0.3) is 0 Å². The number of hydrogen-bond acceptors (Lipinski definition) is 6. The number of carbonyl (C=O) groups excluding carboxylic acids is 1. The van der Waals surface area contributed by atoms with Crippen molar-refractivity contribution in [1.82, 2.24) is 25.0 Å². The van der Waals surface area contributed by atoms with Crippen LogP contribution < -0.4 is 0 Å². The summed E-state index contributed by atoms with van der Waals surface area (Å²) < 4.78 is 11.1. The number of H-pyrrole nitrogens is 1. The van der Waals surface area contributed by atoms with E-state index in [1.54, 1.807) is 18.2 Å². The number of carbonyl (C=O) groups is 1. The minimum absolute atomic E-state index is 0.0544. The molecule has 1 N–H and O–H groups in total. The number of hydrogen-bond donors (Lipinski definition) is 1. The zero-order valence-corrected chi connectivity index (χ0v) is 14.8. The highest BCUT2D eigenvalue weighted by Crippen LogP contribution is 2.19. The van der Waals surface area contributed by atoms with Gasteiger partial charge >= 0.3 is 0 Å². The first-order chi connectivity index (χ1) is 12.2. The first kappa shape index (κ1) is 17.6. The summed E-state index contributed by atoms with van der Waals surface area (Å²) in [4.78, 5) is 20.7. The van der Waals surface area contributed by atoms with E-state index in [9.17, 15) is 4.79 Å². The number of likely N-dealkylation sites (N-methyl/N-ethyl adjacent to an activating group) is 1. The SMILES string of the molecule is CCCc1nc([C@@H]2CN(CC(=O)N(C)Cc3ccco3)CCO2)n[nH]1. The molecule has 8 nitrogen and oxygen atoms in total. The lowest BCUT2D eigenvalue weighted by Crippen LogP contribution is -2.44. The van der Waals surface area contributed by atoms with E-state index >= 15 is 0 Å². The fraction of sp³-hybridized carbons (Fsp3) is 0.588. The monoisotopic (exact) mass is 347 g/mol. The van der Waals surface area contributed by atoms with Gasteiger partial charge in [-0.15, -0.1) is 0 Å². The fourth-order valence-electron chi connectivity index (χ4n) is 2.84. The Kier molecular flexibility index (Phi) is 5.83. The van der Waals surface area contributed by atoms with Crippen LogP contribution in [0.4, 0.5) is 0 Å². The Labute approximate surface area is 147 Å². The fourth-order valence-corrected chi connectivity index (χ4v) is 2.84. The zero-order valence-electron chi connectivity index (χ0n) is 14.8. The molecule has 1 aliphatic rings. The lowest BCUT2D eigenvalue weighted by atomic mass is 10.2. The first-order valence-electron chi connectivity index (χ1n) is 8.67. The molecule has 1 aliphatic heterocycles. The molecule has 3 heterocycles. The number of morpholine rings is 1. The van der Waals surface area contributed by atoms with Gasteiger partial charge in [0.1, 0.15) is 17.7 Å². The molecule has 3 rings (SSSR count). The van der Waals surface area contributed by atoms with Crippen molar-refractivity contribution in [1.29, 1.82) is 0 Å². The van der Waals surface area contributed by atoms with Gasteiger partial charge in [0.05, 0.1) is 26.0 Å². The predicted molar refractivity (Wildman–Crippen MR) is 90.7 cm³/mol. The van der Waals surface area contributed by atoms with Gasteiger partial charge in [0, 0.05) is 26.6 Å². The van der Waals surface area contributed by atoms with Crippen molar-refractivity contribution in [3.8, 4) is 0 Å². The van der Waals surface area contributed by atoms with E-state index in [1.165, 1.54) is 0 Å². The molecule has 2 aromatic heterocycles. The average Bonchev–Trinajstić information content (AvgIpc) is 3.27. The molecular weight excluding hydrogens is 322 g/mol. The maximum absolute atomic E-state index is 12.4. The van der Waals surface area contributed by atoms with E-state index in [4.69, 9.17) is 9.15 Å². The summed E-state index contributed by atoms with van der Waals surface area (Å²) in [5.41, 5.74) is 0. The Hall–Kier alpha value is -2.19. The molecule has 0 spiro atoms. The third-order valence-corrected chi connectivity index (χ3v) is 4.23. The van der Waals surface area contributed by atoms with Crippen LogP contribution in [-0.2, 0) is 22.5 Å². The second kappa shape index (κ2) is 8.26. The molecule has 0 aromatic carbocycles. The molecule has 0 aliphatic carbocycles. The van der Waals surface area contributed by atoms with Crippen molar-refractivity contribution >= 4 is 5.91 Å². The molecule has 2 aromatic rings. The standard InChI is InChI=1S/C17H25N5O3/c1-3-5-15-18-17(20-19-15)14-11-22(7-9-25-14)12-16(23)21(2)10-13-6-4-8-24-13/h4,6,8,14H,3,5,7,9-12H2,1-2H3,(H,18,19,20)/t14-/m0/s1. The smallest absolute Gasteiger partial charge is 0.236 e. The van der Waals surface area contributed by atoms with E-state index in [0.29, 0.717) is 32.1 Å². The van der Waals surface area contributed by atoms with E-state index < -0.39 is 0 Å². The molecule has 1 atom stereocenters. The Balaban J connectivity index is 1.52. The van der Waals surface area contributed by atoms with Gasteiger partial charge in [-0.05, 0) is 18.6 Å². The molecule has 0 bridgehead atoms. The van der Waals surface area contributed by atoms with Crippen molar-refractivity contribution in [2.75, 3.05) is 33.3 Å². The van der Waals surface area contributed by atoms with Crippen LogP contribution in [0.15, 0.2) is 22.8 Å². The number of furan rings is 1. The van der Waals surface area contributed by atoms with Crippen LogP contribution in [0, 0.1) is 0 Å². The predicted octanol–water partition coefficient (Wildman–Crippen LogP) is 1.38. The Bertz CT molecular complexity index is 670. The summed E-state index contributed by atoms with van der Waals surface area (Å²) >= 11 is 0. The zero-order chi connectivity index (χ0) is 17.6. The molecule has 0 saturated carbocycles. The number of aromatic amines is 1. The van der Waals surface area contributed by atoms with Crippen molar-refractivity contribution in [2.24, 2.45) is 0 Å². The third kappa shape index (κ3) is 4.67. The minimum atomic E-state index is -0.196. The van der Waals surface area contributed by atoms with E-state index in [-0.39, 0.29) is 12.0 Å². The lowest BCUT2D eigenvalue weighted by molar-refractivity contribution is -0.134. The Morgan fingerprint density at radius 2 is 2.40 bits per heavy atom. The second-order valence-electron chi connectivity index (χ2n) is 6.31. The maximum atomic E-state index is 12.4. The quantitative estimate of drug-likeness (QED) is 0.814. The molecule has 1 amide bonds. The van der Waals surface area contributed by atoms with Crippen LogP contribution >= 0.6 is 0 Å². The molecular formula is C17H25N5O3. The first-order valence-corrected chi connectivity index (χ1v) is 8.67. The van der Waals surface area contributed by atoms with Gasteiger partial charge in [-0.3, -0.25) is 14.8 Å². The number of aryl methyl sites for hydroxylation is 1. The minimum Gasteiger partial charge on any atom is -0.467 e. The van der Waals surface area contributed by atoms with Crippen LogP contribution in [0.1, 0.15) is 36.9 Å². The van der Waals surface area contributed by atoms with Gasteiger partial charge in [0.2, 0.25) is 5.91 Å². The highest BCUT2D eigenvalue weighted by molar-refractivity contribution is 5.77. The molecule has 0 radical (unpaired) electrons. The number of amides is 1. The van der Waals surface area contributed by atoms with E-state index in [1.807, 2.05) is 12.1 Å². The summed E-state index contributed by atoms with van der Waals surface area (Å²) in [7, 11) is 1.79. The second-order valence-corrected chi connectivity index (χ2v) is 6.31. The molecule has 1 fully saturated rings. The third-order valence-electron chi connectivity index (χ3n) is 4.23. The lowest BCUT2D eigenvalue weighted by Gasteiger charge is -2.32. The van der Waals surface area contributed by atoms with Crippen molar-refractivity contribution in [3.63, 3.8) is 0 Å². The van der Waals surface area contributed by atoms with E-state index in [0.717, 1.165) is 31.0 Å². The molecule has 1 saturated heterocycles. The summed E-state index contributed by atoms with van der Waals surface area (Å²) in [5.74, 6) is 2.38. The van der Waals surface area contributed by atoms with E-state index in [2.05, 4.69) is 27.0 Å².